The van der Waals surface area contributed by atoms with Crippen molar-refractivity contribution in [3.63, 3.8) is 0 Å². The van der Waals surface area contributed by atoms with Gasteiger partial charge in [0.05, 0.1) is 26.0 Å². The summed E-state index contributed by atoms with van der Waals surface area (Å²) in [5.41, 5.74) is 1.86. The summed E-state index contributed by atoms with van der Waals surface area (Å²) in [5, 5.41) is 4.03. The normalized spacial score (nSPS) is 10.2. The van der Waals surface area contributed by atoms with Gasteiger partial charge < -0.3 is 9.47 Å². The molecule has 1 heterocycles. The summed E-state index contributed by atoms with van der Waals surface area (Å²) < 4.78 is 11.3. The van der Waals surface area contributed by atoms with Crippen molar-refractivity contribution >= 4 is 12.3 Å². The maximum atomic E-state index is 11.9. The number of methoxy groups -OCH3 is 2. The summed E-state index contributed by atoms with van der Waals surface area (Å²) in [6.45, 7) is 0. The summed E-state index contributed by atoms with van der Waals surface area (Å²) in [4.78, 5) is 23.0. The van der Waals surface area contributed by atoms with Gasteiger partial charge in [-0.05, 0) is 18.2 Å². The summed E-state index contributed by atoms with van der Waals surface area (Å²) in [5.74, 6) is 0.0327. The fraction of sp³-hybridized carbons (Fsp3) is 0.214. The number of aromatic nitrogens is 2. The highest BCUT2D eigenvalue weighted by Crippen LogP contribution is 2.29. The van der Waals surface area contributed by atoms with E-state index in [1.54, 1.807) is 25.2 Å². The van der Waals surface area contributed by atoms with Crippen molar-refractivity contribution in [3.8, 4) is 16.9 Å². The largest absolute Gasteiger partial charge is 0.497 e. The van der Waals surface area contributed by atoms with Crippen molar-refractivity contribution in [2.24, 2.45) is 7.05 Å². The van der Waals surface area contributed by atoms with E-state index in [0.29, 0.717) is 34.4 Å². The van der Waals surface area contributed by atoms with E-state index >= 15 is 0 Å². The SMILES string of the molecule is COC(=O)c1cc(OC)ccc1-c1cnn(C)c1C=O. The standard InChI is InChI=1S/C14H14N2O4/c1-16-13(8-17)12(7-15-16)10-5-4-9(19-2)6-11(10)14(18)20-3/h4-8H,1-3H3. The zero-order valence-corrected chi connectivity index (χ0v) is 11.4. The smallest absolute Gasteiger partial charge is 0.338 e. The van der Waals surface area contributed by atoms with E-state index < -0.39 is 5.97 Å². The predicted molar refractivity (Wildman–Crippen MR) is 71.9 cm³/mol. The van der Waals surface area contributed by atoms with Crippen molar-refractivity contribution in [1.82, 2.24) is 9.78 Å². The Kier molecular flexibility index (Phi) is 3.84. The molecule has 0 fully saturated rings. The van der Waals surface area contributed by atoms with Gasteiger partial charge in [0.15, 0.2) is 6.29 Å². The summed E-state index contributed by atoms with van der Waals surface area (Å²) >= 11 is 0. The number of benzene rings is 1. The lowest BCUT2D eigenvalue weighted by Gasteiger charge is -2.09. The first-order valence-electron chi connectivity index (χ1n) is 5.86. The van der Waals surface area contributed by atoms with Crippen LogP contribution >= 0.6 is 0 Å². The van der Waals surface area contributed by atoms with Gasteiger partial charge in [-0.15, -0.1) is 0 Å². The van der Waals surface area contributed by atoms with Gasteiger partial charge in [-0.25, -0.2) is 4.79 Å². The lowest BCUT2D eigenvalue weighted by Crippen LogP contribution is -2.05. The van der Waals surface area contributed by atoms with E-state index in [-0.39, 0.29) is 0 Å². The molecule has 1 aromatic heterocycles. The molecule has 104 valence electrons. The van der Waals surface area contributed by atoms with Crippen LogP contribution < -0.4 is 4.74 Å². The molecule has 0 amide bonds. The fourth-order valence-corrected chi connectivity index (χ4v) is 1.96. The Morgan fingerprint density at radius 3 is 2.65 bits per heavy atom. The maximum absolute atomic E-state index is 11.9. The van der Waals surface area contributed by atoms with E-state index in [4.69, 9.17) is 9.47 Å². The fourth-order valence-electron chi connectivity index (χ4n) is 1.96. The molecule has 0 aliphatic carbocycles. The number of carbonyl (C=O) groups excluding carboxylic acids is 2. The van der Waals surface area contributed by atoms with Crippen LogP contribution in [0, 0.1) is 0 Å². The molecule has 0 atom stereocenters. The van der Waals surface area contributed by atoms with Gasteiger partial charge in [0, 0.05) is 18.2 Å². The minimum Gasteiger partial charge on any atom is -0.497 e. The average molecular weight is 274 g/mol. The number of rotatable bonds is 4. The van der Waals surface area contributed by atoms with Crippen molar-refractivity contribution in [2.45, 2.75) is 0 Å². The number of aryl methyl sites for hydroxylation is 1. The zero-order chi connectivity index (χ0) is 14.7. The van der Waals surface area contributed by atoms with Gasteiger partial charge in [-0.3, -0.25) is 9.48 Å². The predicted octanol–water partition coefficient (Wildman–Crippen LogP) is 1.69. The first kappa shape index (κ1) is 13.8. The van der Waals surface area contributed by atoms with Crippen LogP contribution in [0.4, 0.5) is 0 Å². The Labute approximate surface area is 115 Å². The summed E-state index contributed by atoms with van der Waals surface area (Å²) in [6.07, 6.45) is 2.24. The molecule has 6 heteroatoms. The molecule has 0 saturated heterocycles. The average Bonchev–Trinajstić information content (AvgIpc) is 2.86. The third kappa shape index (κ3) is 2.27. The van der Waals surface area contributed by atoms with Gasteiger partial charge in [0.2, 0.25) is 0 Å². The Morgan fingerprint density at radius 2 is 2.05 bits per heavy atom. The van der Waals surface area contributed by atoms with Gasteiger partial charge in [0.25, 0.3) is 0 Å². The van der Waals surface area contributed by atoms with Crippen molar-refractivity contribution < 1.29 is 19.1 Å². The lowest BCUT2D eigenvalue weighted by atomic mass is 10.00. The number of hydrogen-bond donors (Lipinski definition) is 0. The molecule has 0 aliphatic rings. The van der Waals surface area contributed by atoms with Gasteiger partial charge >= 0.3 is 5.97 Å². The maximum Gasteiger partial charge on any atom is 0.338 e. The van der Waals surface area contributed by atoms with Crippen LogP contribution in [0.2, 0.25) is 0 Å². The first-order chi connectivity index (χ1) is 9.62. The number of nitrogens with zero attached hydrogens (tertiary/aromatic N) is 2. The first-order valence-corrected chi connectivity index (χ1v) is 5.86. The van der Waals surface area contributed by atoms with Crippen LogP contribution in [0.3, 0.4) is 0 Å². The summed E-state index contributed by atoms with van der Waals surface area (Å²) in [7, 11) is 4.47. The molecule has 0 saturated carbocycles. The Hall–Kier alpha value is -2.63. The second-order valence-electron chi connectivity index (χ2n) is 4.09. The van der Waals surface area contributed by atoms with Gasteiger partial charge in [-0.1, -0.05) is 0 Å². The van der Waals surface area contributed by atoms with E-state index in [1.807, 2.05) is 0 Å². The number of aldehydes is 1. The molecule has 20 heavy (non-hydrogen) atoms. The van der Waals surface area contributed by atoms with Crippen LogP contribution in [0.1, 0.15) is 20.8 Å². The third-order valence-corrected chi connectivity index (χ3v) is 3.02. The van der Waals surface area contributed by atoms with E-state index in [2.05, 4.69) is 5.10 Å². The molecular weight excluding hydrogens is 260 g/mol. The Balaban J connectivity index is 2.66. The van der Waals surface area contributed by atoms with Crippen LogP contribution in [-0.2, 0) is 11.8 Å². The molecule has 0 bridgehead atoms. The second-order valence-corrected chi connectivity index (χ2v) is 4.09. The highest BCUT2D eigenvalue weighted by molar-refractivity contribution is 6.00. The summed E-state index contributed by atoms with van der Waals surface area (Å²) in [6, 6.07) is 4.99. The lowest BCUT2D eigenvalue weighted by molar-refractivity contribution is 0.0601. The van der Waals surface area contributed by atoms with Crippen LogP contribution in [0.25, 0.3) is 11.1 Å². The highest BCUT2D eigenvalue weighted by Gasteiger charge is 2.19. The molecule has 0 unspecified atom stereocenters. The number of esters is 1. The minimum atomic E-state index is -0.500. The number of hydrogen-bond acceptors (Lipinski definition) is 5. The van der Waals surface area contributed by atoms with Gasteiger partial charge in [0.1, 0.15) is 11.4 Å². The van der Waals surface area contributed by atoms with E-state index in [1.165, 1.54) is 25.1 Å². The third-order valence-electron chi connectivity index (χ3n) is 3.02. The van der Waals surface area contributed by atoms with E-state index in [9.17, 15) is 9.59 Å². The Bertz CT molecular complexity index is 661. The molecule has 1 aromatic carbocycles. The molecule has 0 aliphatic heterocycles. The van der Waals surface area contributed by atoms with Crippen molar-refractivity contribution in [2.75, 3.05) is 14.2 Å². The zero-order valence-electron chi connectivity index (χ0n) is 11.4. The number of carbonyl (C=O) groups is 2. The molecule has 0 spiro atoms. The van der Waals surface area contributed by atoms with Crippen molar-refractivity contribution in [3.05, 3.63) is 35.7 Å². The van der Waals surface area contributed by atoms with Crippen molar-refractivity contribution in [1.29, 1.82) is 0 Å². The molecular formula is C14H14N2O4. The van der Waals surface area contributed by atoms with Gasteiger partial charge in [-0.2, -0.15) is 5.10 Å². The molecule has 0 radical (unpaired) electrons. The molecule has 2 aromatic rings. The van der Waals surface area contributed by atoms with Crippen LogP contribution in [0.5, 0.6) is 5.75 Å². The van der Waals surface area contributed by atoms with Crippen LogP contribution in [-0.4, -0.2) is 36.3 Å². The Morgan fingerprint density at radius 1 is 1.30 bits per heavy atom. The molecule has 0 N–H and O–H groups in total. The second kappa shape index (κ2) is 5.56. The quantitative estimate of drug-likeness (QED) is 0.627. The number of ether oxygens (including phenoxy) is 2. The topological polar surface area (TPSA) is 70.4 Å². The van der Waals surface area contributed by atoms with Crippen LogP contribution in [0.15, 0.2) is 24.4 Å². The molecule has 2 rings (SSSR count). The minimum absolute atomic E-state index is 0.322. The monoisotopic (exact) mass is 274 g/mol. The highest BCUT2D eigenvalue weighted by atomic mass is 16.5. The van der Waals surface area contributed by atoms with E-state index in [0.717, 1.165) is 0 Å². The molecule has 6 nitrogen and oxygen atoms in total.